The Morgan fingerprint density at radius 1 is 0.229 bits per heavy atom. The fraction of sp³-hybridized carbons (Fsp3) is 0. The van der Waals surface area contributed by atoms with Crippen LogP contribution in [0.5, 0.6) is 0 Å². The molecule has 0 spiro atoms. The molecule has 96 heavy (non-hydrogen) atoms. The molecule has 0 unspecified atom stereocenters. The average molecular weight is 1250 g/mol. The Kier molecular flexibility index (Phi) is 14.0. The molecule has 6 heteroatoms. The monoisotopic (exact) mass is 1250 g/mol. The lowest BCUT2D eigenvalue weighted by atomic mass is 9.33. The van der Waals surface area contributed by atoms with Gasteiger partial charge < -0.3 is 14.4 Å². The molecule has 16 aromatic rings. The Hall–Kier alpha value is -11.8. The summed E-state index contributed by atoms with van der Waals surface area (Å²) >= 11 is 0. The molecule has 3 heterocycles. The van der Waals surface area contributed by atoms with Gasteiger partial charge in [-0.15, -0.1) is 0 Å². The Morgan fingerprint density at radius 3 is 1.12 bits per heavy atom. The van der Waals surface area contributed by atoms with Crippen LogP contribution in [0, 0.1) is 0 Å². The van der Waals surface area contributed by atoms with Crippen molar-refractivity contribution in [3.8, 4) is 27.9 Å². The molecule has 0 atom stereocenters. The molecule has 2 aliphatic rings. The lowest BCUT2D eigenvalue weighted by molar-refractivity contribution is 1.16. The van der Waals surface area contributed by atoms with E-state index in [1.807, 2.05) is 0 Å². The van der Waals surface area contributed by atoms with Gasteiger partial charge in [-0.05, 0) is 129 Å². The van der Waals surface area contributed by atoms with E-state index in [1.54, 1.807) is 0 Å². The van der Waals surface area contributed by atoms with Crippen LogP contribution in [0.15, 0.2) is 388 Å². The highest BCUT2D eigenvalue weighted by atomic mass is 28.3. The second-order valence-electron chi connectivity index (χ2n) is 25.4. The number of para-hydroxylation sites is 4. The molecular formula is C90H64BN3Si2. The van der Waals surface area contributed by atoms with E-state index in [0.717, 1.165) is 67.4 Å². The zero-order valence-corrected chi connectivity index (χ0v) is 54.9. The van der Waals surface area contributed by atoms with Crippen LogP contribution >= 0.6 is 0 Å². The third kappa shape index (κ3) is 8.94. The summed E-state index contributed by atoms with van der Waals surface area (Å²) in [6, 6.07) is 148. The molecule has 1 aromatic heterocycles. The molecule has 2 aliphatic heterocycles. The van der Waals surface area contributed by atoms with Gasteiger partial charge in [0.05, 0.1) is 22.4 Å². The van der Waals surface area contributed by atoms with Crippen molar-refractivity contribution in [3.63, 3.8) is 0 Å². The number of benzene rings is 15. The Balaban J connectivity index is 1.07. The van der Waals surface area contributed by atoms with E-state index in [-0.39, 0.29) is 6.71 Å². The van der Waals surface area contributed by atoms with Gasteiger partial charge >= 0.3 is 0 Å². The fourth-order valence-electron chi connectivity index (χ4n) is 16.5. The molecule has 15 aromatic carbocycles. The summed E-state index contributed by atoms with van der Waals surface area (Å²) in [6.45, 7) is -0.282. The van der Waals surface area contributed by atoms with Gasteiger partial charge in [-0.25, -0.2) is 0 Å². The first kappa shape index (κ1) is 56.9. The largest absolute Gasteiger partial charge is 0.311 e. The second-order valence-corrected chi connectivity index (χ2v) is 33.0. The first-order valence-corrected chi connectivity index (χ1v) is 37.4. The molecule has 0 bridgehead atoms. The molecule has 0 amide bonds. The summed E-state index contributed by atoms with van der Waals surface area (Å²) in [5.74, 6) is 0. The molecule has 450 valence electrons. The van der Waals surface area contributed by atoms with Crippen molar-refractivity contribution in [2.24, 2.45) is 0 Å². The molecule has 0 saturated carbocycles. The van der Waals surface area contributed by atoms with Gasteiger partial charge in [0.2, 0.25) is 0 Å². The number of nitrogens with zero attached hydrogens (tertiary/aromatic N) is 3. The smallest absolute Gasteiger partial charge is 0.252 e. The van der Waals surface area contributed by atoms with Crippen LogP contribution in [0.4, 0.5) is 34.1 Å². The summed E-state index contributed by atoms with van der Waals surface area (Å²) in [4.78, 5) is 5.34. The second kappa shape index (κ2) is 23.6. The molecular weight excluding hydrogens is 1190 g/mol. The van der Waals surface area contributed by atoms with E-state index in [9.17, 15) is 0 Å². The lowest BCUT2D eigenvalue weighted by Gasteiger charge is -2.48. The standard InChI is InChI=1S/C90H64BN3Si2/c1-10-34-65(35-11-1)67-58-59-77(66-36-12-2-13-37-66)84(60-67)94-83-57-33-30-54-80(83)91-89-85(61-69(62-86(89)94)93-81-55-31-28-52-78(81)79-53-29-32-56-82(79)93)92(68-38-14-3-15-39-68)87-63-76(95(70-40-16-4-17-41-70,71-42-18-5-19-43-71)72-44-20-6-21-45-72)64-88(90(87)91)96(73-46-22-7-23-47-73,74-48-24-8-25-49-74)75-50-26-9-27-51-75/h1-64H. The highest BCUT2D eigenvalue weighted by Gasteiger charge is 2.53. The molecule has 3 nitrogen and oxygen atoms in total. The first-order chi connectivity index (χ1) is 47.7. The van der Waals surface area contributed by atoms with Gasteiger partial charge in [0.25, 0.3) is 6.71 Å². The molecule has 18 rings (SSSR count). The number of hydrogen-bond donors (Lipinski definition) is 0. The summed E-state index contributed by atoms with van der Waals surface area (Å²) in [7, 11) is -6.89. The summed E-state index contributed by atoms with van der Waals surface area (Å²) in [6.07, 6.45) is 0. The third-order valence-electron chi connectivity index (χ3n) is 20.4. The zero-order valence-electron chi connectivity index (χ0n) is 52.9. The Bertz CT molecular complexity index is 5280. The maximum atomic E-state index is 2.78. The van der Waals surface area contributed by atoms with E-state index < -0.39 is 16.1 Å². The minimum atomic E-state index is -3.53. The van der Waals surface area contributed by atoms with Crippen molar-refractivity contribution in [1.82, 2.24) is 4.57 Å². The normalized spacial score (nSPS) is 12.5. The topological polar surface area (TPSA) is 11.4 Å². The van der Waals surface area contributed by atoms with Crippen molar-refractivity contribution < 1.29 is 0 Å². The number of rotatable bonds is 13. The van der Waals surface area contributed by atoms with Crippen LogP contribution in [0.2, 0.25) is 0 Å². The maximum Gasteiger partial charge on any atom is 0.252 e. The number of hydrogen-bond acceptors (Lipinski definition) is 2. The van der Waals surface area contributed by atoms with Gasteiger partial charge in [0, 0.05) is 44.8 Å². The van der Waals surface area contributed by atoms with E-state index in [1.165, 1.54) is 74.3 Å². The average Bonchev–Trinajstić information content (AvgIpc) is 0.691. The van der Waals surface area contributed by atoms with Gasteiger partial charge in [-0.1, -0.05) is 334 Å². The highest BCUT2D eigenvalue weighted by molar-refractivity contribution is 7.24. The first-order valence-electron chi connectivity index (χ1n) is 33.4. The molecule has 0 aliphatic carbocycles. The predicted molar refractivity (Wildman–Crippen MR) is 413 cm³/mol. The van der Waals surface area contributed by atoms with E-state index in [0.29, 0.717) is 0 Å². The summed E-state index contributed by atoms with van der Waals surface area (Å²) in [5.41, 5.74) is 18.6. The number of fused-ring (bicyclic) bond motifs is 7. The maximum absolute atomic E-state index is 3.53. The van der Waals surface area contributed by atoms with Crippen LogP contribution < -0.4 is 67.7 Å². The van der Waals surface area contributed by atoms with E-state index >= 15 is 0 Å². The lowest BCUT2D eigenvalue weighted by Crippen LogP contribution is -2.82. The highest BCUT2D eigenvalue weighted by Crippen LogP contribution is 2.49. The molecule has 0 saturated heterocycles. The fourth-order valence-corrected chi connectivity index (χ4v) is 26.5. The quantitative estimate of drug-likeness (QED) is 0.0842. The Labute approximate surface area is 563 Å². The van der Waals surface area contributed by atoms with E-state index in [2.05, 4.69) is 403 Å². The van der Waals surface area contributed by atoms with Crippen molar-refractivity contribution in [2.75, 3.05) is 9.80 Å². The predicted octanol–water partition coefficient (Wildman–Crippen LogP) is 15.0. The van der Waals surface area contributed by atoms with Crippen LogP contribution in [0.25, 0.3) is 49.7 Å². The molecule has 0 N–H and O–H groups in total. The summed E-state index contributed by atoms with van der Waals surface area (Å²) in [5, 5.41) is 13.1. The molecule has 0 radical (unpaired) electrons. The van der Waals surface area contributed by atoms with Gasteiger partial charge in [-0.2, -0.15) is 0 Å². The minimum Gasteiger partial charge on any atom is -0.311 e. The van der Waals surface area contributed by atoms with Crippen molar-refractivity contribution >= 4 is 137 Å². The van der Waals surface area contributed by atoms with Gasteiger partial charge in [-0.3, -0.25) is 0 Å². The SMILES string of the molecule is c1ccc(-c2ccc(-c3ccccc3)c(N3c4ccccc4B4c5c(cc(-n6c7ccccc7c7ccccc76)cc53)N(c3ccccc3)c3cc([Si](c5ccccc5)(c5ccccc5)c5ccccc5)cc([Si](c5ccccc5)(c5ccccc5)c5ccccc5)c34)c2)cc1. The minimum absolute atomic E-state index is 0.282. The van der Waals surface area contributed by atoms with Crippen LogP contribution in [-0.2, 0) is 0 Å². The van der Waals surface area contributed by atoms with Crippen LogP contribution in [-0.4, -0.2) is 27.4 Å². The number of anilines is 6. The van der Waals surface area contributed by atoms with Crippen molar-refractivity contribution in [2.45, 2.75) is 0 Å². The van der Waals surface area contributed by atoms with Crippen LogP contribution in [0.1, 0.15) is 0 Å². The zero-order chi connectivity index (χ0) is 63.6. The third-order valence-corrected chi connectivity index (χ3v) is 30.0. The van der Waals surface area contributed by atoms with Crippen LogP contribution in [0.3, 0.4) is 0 Å². The molecule has 0 fully saturated rings. The van der Waals surface area contributed by atoms with E-state index in [4.69, 9.17) is 0 Å². The van der Waals surface area contributed by atoms with Gasteiger partial charge in [0.1, 0.15) is 0 Å². The van der Waals surface area contributed by atoms with Gasteiger partial charge in [0.15, 0.2) is 16.1 Å². The summed E-state index contributed by atoms with van der Waals surface area (Å²) < 4.78 is 2.53. The Morgan fingerprint density at radius 2 is 0.625 bits per heavy atom. The number of aromatic nitrogens is 1. The van der Waals surface area contributed by atoms with Crippen molar-refractivity contribution in [1.29, 1.82) is 0 Å². The van der Waals surface area contributed by atoms with Crippen molar-refractivity contribution in [3.05, 3.63) is 388 Å².